The minimum Gasteiger partial charge on any atom is -0.345 e. The summed E-state index contributed by atoms with van der Waals surface area (Å²) in [6, 6.07) is 14.7. The molecule has 0 aliphatic carbocycles. The number of halogens is 2. The quantitative estimate of drug-likeness (QED) is 0.645. The molecule has 1 atom stereocenters. The van der Waals surface area contributed by atoms with Crippen LogP contribution in [0.1, 0.15) is 28.9 Å². The van der Waals surface area contributed by atoms with Gasteiger partial charge < -0.3 is 10.6 Å². The number of anilines is 2. The molecule has 0 spiro atoms. The first-order valence-electron chi connectivity index (χ1n) is 7.93. The maximum Gasteiger partial charge on any atom is 0.254 e. The average molecular weight is 387 g/mol. The van der Waals surface area contributed by atoms with Gasteiger partial charge in [-0.2, -0.15) is 0 Å². The third-order valence-electron chi connectivity index (χ3n) is 3.74. The predicted molar refractivity (Wildman–Crippen MR) is 104 cm³/mol. The van der Waals surface area contributed by atoms with Gasteiger partial charge in [0.1, 0.15) is 0 Å². The molecular weight excluding hydrogens is 371 g/mol. The van der Waals surface area contributed by atoms with Gasteiger partial charge in [-0.1, -0.05) is 53.5 Å². The van der Waals surface area contributed by atoms with Gasteiger partial charge in [0.15, 0.2) is 0 Å². The van der Waals surface area contributed by atoms with Crippen molar-refractivity contribution in [2.75, 3.05) is 5.32 Å². The number of nitrogens with one attached hydrogen (secondary N) is 2. The lowest BCUT2D eigenvalue weighted by atomic mass is 10.1. The molecule has 2 aromatic carbocycles. The molecule has 0 saturated carbocycles. The number of aromatic nitrogens is 2. The number of hydrogen-bond donors (Lipinski definition) is 2. The van der Waals surface area contributed by atoms with Crippen molar-refractivity contribution in [3.8, 4) is 0 Å². The van der Waals surface area contributed by atoms with Crippen molar-refractivity contribution in [3.05, 3.63) is 82.1 Å². The second kappa shape index (κ2) is 8.17. The molecule has 26 heavy (non-hydrogen) atoms. The van der Waals surface area contributed by atoms with Crippen LogP contribution in [0.3, 0.4) is 0 Å². The Morgan fingerprint density at radius 2 is 1.73 bits per heavy atom. The molecule has 2 N–H and O–H groups in total. The van der Waals surface area contributed by atoms with Gasteiger partial charge >= 0.3 is 0 Å². The van der Waals surface area contributed by atoms with Crippen molar-refractivity contribution in [2.45, 2.75) is 13.0 Å². The monoisotopic (exact) mass is 386 g/mol. The summed E-state index contributed by atoms with van der Waals surface area (Å²) in [5.74, 6) is 0.0792. The molecule has 1 heterocycles. The second-order valence-corrected chi connectivity index (χ2v) is 6.49. The molecule has 7 heteroatoms. The molecule has 0 saturated heterocycles. The molecule has 1 unspecified atom stereocenters. The van der Waals surface area contributed by atoms with E-state index in [0.29, 0.717) is 27.2 Å². The van der Waals surface area contributed by atoms with Gasteiger partial charge in [-0.3, -0.25) is 4.79 Å². The highest BCUT2D eigenvalue weighted by molar-refractivity contribution is 6.35. The number of carbonyl (C=O) groups excluding carboxylic acids is 1. The first-order valence-corrected chi connectivity index (χ1v) is 8.68. The lowest BCUT2D eigenvalue weighted by Gasteiger charge is -2.14. The first kappa shape index (κ1) is 18.2. The van der Waals surface area contributed by atoms with Crippen LogP contribution in [0.2, 0.25) is 10.0 Å². The number of carbonyl (C=O) groups is 1. The lowest BCUT2D eigenvalue weighted by Crippen LogP contribution is -2.26. The van der Waals surface area contributed by atoms with Crippen molar-refractivity contribution < 1.29 is 4.79 Å². The normalized spacial score (nSPS) is 11.7. The first-order chi connectivity index (χ1) is 12.5. The van der Waals surface area contributed by atoms with E-state index in [0.717, 1.165) is 5.56 Å². The van der Waals surface area contributed by atoms with E-state index in [1.165, 1.54) is 12.4 Å². The van der Waals surface area contributed by atoms with E-state index in [4.69, 9.17) is 23.2 Å². The Kier molecular flexibility index (Phi) is 5.71. The summed E-state index contributed by atoms with van der Waals surface area (Å²) in [6.45, 7) is 1.92. The van der Waals surface area contributed by atoms with Gasteiger partial charge in [0.25, 0.3) is 5.91 Å². The van der Waals surface area contributed by atoms with E-state index in [1.54, 1.807) is 18.2 Å². The van der Waals surface area contributed by atoms with E-state index < -0.39 is 0 Å². The third-order valence-corrected chi connectivity index (χ3v) is 4.30. The molecule has 0 bridgehead atoms. The molecule has 1 amide bonds. The largest absolute Gasteiger partial charge is 0.345 e. The SMILES string of the molecule is CC(NC(=O)c1cnc(Nc2cc(Cl)ccc2Cl)nc1)c1ccccc1. The van der Waals surface area contributed by atoms with Crippen LogP contribution in [-0.4, -0.2) is 15.9 Å². The molecular formula is C19H16Cl2N4O. The van der Waals surface area contributed by atoms with Crippen molar-refractivity contribution >= 4 is 40.7 Å². The van der Waals surface area contributed by atoms with Crippen molar-refractivity contribution in [2.24, 2.45) is 0 Å². The van der Waals surface area contributed by atoms with E-state index in [9.17, 15) is 4.79 Å². The van der Waals surface area contributed by atoms with Gasteiger partial charge in [-0.25, -0.2) is 9.97 Å². The van der Waals surface area contributed by atoms with Crippen molar-refractivity contribution in [3.63, 3.8) is 0 Å². The summed E-state index contributed by atoms with van der Waals surface area (Å²) >= 11 is 12.1. The summed E-state index contributed by atoms with van der Waals surface area (Å²) in [7, 11) is 0. The Bertz CT molecular complexity index is 901. The maximum atomic E-state index is 12.3. The molecule has 0 radical (unpaired) electrons. The van der Waals surface area contributed by atoms with Crippen LogP contribution in [-0.2, 0) is 0 Å². The second-order valence-electron chi connectivity index (χ2n) is 5.65. The third kappa shape index (κ3) is 4.50. The van der Waals surface area contributed by atoms with E-state index in [2.05, 4.69) is 20.6 Å². The van der Waals surface area contributed by atoms with Gasteiger partial charge in [0.05, 0.1) is 22.3 Å². The van der Waals surface area contributed by atoms with Crippen LogP contribution in [0.15, 0.2) is 60.9 Å². The summed E-state index contributed by atoms with van der Waals surface area (Å²) in [5.41, 5.74) is 1.99. The standard InChI is InChI=1S/C19H16Cl2N4O/c1-12(13-5-3-2-4-6-13)24-18(26)14-10-22-19(23-11-14)25-17-9-15(20)7-8-16(17)21/h2-12H,1H3,(H,24,26)(H,22,23,25). The average Bonchev–Trinajstić information content (AvgIpc) is 2.66. The number of amides is 1. The minimum atomic E-state index is -0.242. The Hall–Kier alpha value is -2.63. The zero-order valence-electron chi connectivity index (χ0n) is 13.9. The van der Waals surface area contributed by atoms with Gasteiger partial charge in [-0.15, -0.1) is 0 Å². The Morgan fingerprint density at radius 1 is 1.04 bits per heavy atom. The Morgan fingerprint density at radius 3 is 2.42 bits per heavy atom. The van der Waals surface area contributed by atoms with E-state index in [-0.39, 0.29) is 11.9 Å². The van der Waals surface area contributed by atoms with Gasteiger partial charge in [0.2, 0.25) is 5.95 Å². The predicted octanol–water partition coefficient (Wildman–Crippen LogP) is 5.02. The fraction of sp³-hybridized carbons (Fsp3) is 0.105. The molecule has 1 aromatic heterocycles. The highest BCUT2D eigenvalue weighted by atomic mass is 35.5. The Labute approximate surface area is 161 Å². The van der Waals surface area contributed by atoms with Crippen molar-refractivity contribution in [1.29, 1.82) is 0 Å². The molecule has 3 rings (SSSR count). The summed E-state index contributed by atoms with van der Waals surface area (Å²) in [5, 5.41) is 6.94. The maximum absolute atomic E-state index is 12.3. The van der Waals surface area contributed by atoms with Crippen molar-refractivity contribution in [1.82, 2.24) is 15.3 Å². The zero-order chi connectivity index (χ0) is 18.5. The van der Waals surface area contributed by atoms with E-state index in [1.807, 2.05) is 37.3 Å². The molecule has 5 nitrogen and oxygen atoms in total. The fourth-order valence-electron chi connectivity index (χ4n) is 2.33. The number of benzene rings is 2. The molecule has 0 aliphatic heterocycles. The van der Waals surface area contributed by atoms with Crippen LogP contribution in [0.25, 0.3) is 0 Å². The number of nitrogens with zero attached hydrogens (tertiary/aromatic N) is 2. The molecule has 0 aliphatic rings. The van der Waals surface area contributed by atoms with Crippen LogP contribution in [0, 0.1) is 0 Å². The van der Waals surface area contributed by atoms with Crippen LogP contribution in [0.5, 0.6) is 0 Å². The smallest absolute Gasteiger partial charge is 0.254 e. The van der Waals surface area contributed by atoms with E-state index >= 15 is 0 Å². The van der Waals surface area contributed by atoms with Crippen LogP contribution >= 0.6 is 23.2 Å². The van der Waals surface area contributed by atoms with Gasteiger partial charge in [0, 0.05) is 17.4 Å². The van der Waals surface area contributed by atoms with Crippen LogP contribution < -0.4 is 10.6 Å². The summed E-state index contributed by atoms with van der Waals surface area (Å²) < 4.78 is 0. The van der Waals surface area contributed by atoms with Gasteiger partial charge in [-0.05, 0) is 30.7 Å². The fourth-order valence-corrected chi connectivity index (χ4v) is 2.67. The summed E-state index contributed by atoms with van der Waals surface area (Å²) in [6.07, 6.45) is 2.92. The number of rotatable bonds is 5. The topological polar surface area (TPSA) is 66.9 Å². The molecule has 3 aromatic rings. The highest BCUT2D eigenvalue weighted by Gasteiger charge is 2.12. The van der Waals surface area contributed by atoms with Crippen LogP contribution in [0.4, 0.5) is 11.6 Å². The molecule has 0 fully saturated rings. The highest BCUT2D eigenvalue weighted by Crippen LogP contribution is 2.27. The minimum absolute atomic E-state index is 0.119. The number of hydrogen-bond acceptors (Lipinski definition) is 4. The summed E-state index contributed by atoms with van der Waals surface area (Å²) in [4.78, 5) is 20.7. The zero-order valence-corrected chi connectivity index (χ0v) is 15.4. The Balaban J connectivity index is 1.67. The molecule has 132 valence electrons. The lowest BCUT2D eigenvalue weighted by molar-refractivity contribution is 0.0939.